The Kier molecular flexibility index (Phi) is 3.48. The van der Waals surface area contributed by atoms with E-state index in [0.717, 1.165) is 10.9 Å². The molecule has 0 radical (unpaired) electrons. The van der Waals surface area contributed by atoms with E-state index >= 15 is 0 Å². The summed E-state index contributed by atoms with van der Waals surface area (Å²) in [6, 6.07) is 18.4. The Balaban J connectivity index is 2.19. The molecule has 1 unspecified atom stereocenters. The van der Waals surface area contributed by atoms with Crippen molar-refractivity contribution in [1.82, 2.24) is 4.90 Å². The summed E-state index contributed by atoms with van der Waals surface area (Å²) in [5, 5.41) is 4.71. The lowest BCUT2D eigenvalue weighted by atomic mass is 9.97. The standard InChI is InChI=1S/C19H19NO/c1-13(20(2)3)19(21)16-11-10-15-9-8-14-6-4-5-7-17(14)18(15)12-16/h4-13H,1-3H3. The molecule has 0 heterocycles. The molecule has 0 saturated carbocycles. The van der Waals surface area contributed by atoms with Crippen molar-refractivity contribution in [1.29, 1.82) is 0 Å². The molecule has 3 rings (SSSR count). The number of Topliss-reactive ketones (excluding diaryl/α,β-unsaturated/α-hetero) is 1. The van der Waals surface area contributed by atoms with Gasteiger partial charge in [-0.15, -0.1) is 0 Å². The molecule has 0 aromatic heterocycles. The van der Waals surface area contributed by atoms with Gasteiger partial charge >= 0.3 is 0 Å². The van der Waals surface area contributed by atoms with Gasteiger partial charge < -0.3 is 0 Å². The number of ketones is 1. The lowest BCUT2D eigenvalue weighted by Gasteiger charge is -2.18. The fourth-order valence-corrected chi connectivity index (χ4v) is 2.63. The number of fused-ring (bicyclic) bond motifs is 3. The number of hydrogen-bond donors (Lipinski definition) is 0. The summed E-state index contributed by atoms with van der Waals surface area (Å²) >= 11 is 0. The van der Waals surface area contributed by atoms with Gasteiger partial charge in [0.2, 0.25) is 0 Å². The second-order valence-corrected chi connectivity index (χ2v) is 5.73. The Morgan fingerprint density at radius 1 is 0.905 bits per heavy atom. The van der Waals surface area contributed by atoms with E-state index in [-0.39, 0.29) is 11.8 Å². The van der Waals surface area contributed by atoms with Gasteiger partial charge in [0.15, 0.2) is 5.78 Å². The van der Waals surface area contributed by atoms with Crippen molar-refractivity contribution in [3.63, 3.8) is 0 Å². The summed E-state index contributed by atoms with van der Waals surface area (Å²) in [4.78, 5) is 14.5. The minimum Gasteiger partial charge on any atom is -0.300 e. The lowest BCUT2D eigenvalue weighted by molar-refractivity contribution is 0.0891. The van der Waals surface area contributed by atoms with E-state index in [0.29, 0.717) is 0 Å². The van der Waals surface area contributed by atoms with Gasteiger partial charge in [-0.1, -0.05) is 48.5 Å². The minimum atomic E-state index is -0.113. The molecule has 0 N–H and O–H groups in total. The SMILES string of the molecule is CC(C(=O)c1ccc2ccc3ccccc3c2c1)N(C)C. The van der Waals surface area contributed by atoms with Crippen LogP contribution in [0.2, 0.25) is 0 Å². The fraction of sp³-hybridized carbons (Fsp3) is 0.211. The third-order valence-electron chi connectivity index (χ3n) is 4.19. The van der Waals surface area contributed by atoms with Crippen LogP contribution in [0.1, 0.15) is 17.3 Å². The molecule has 2 nitrogen and oxygen atoms in total. The monoisotopic (exact) mass is 277 g/mol. The summed E-state index contributed by atoms with van der Waals surface area (Å²) in [5.74, 6) is 0.162. The topological polar surface area (TPSA) is 20.3 Å². The lowest BCUT2D eigenvalue weighted by Crippen LogP contribution is -2.32. The maximum atomic E-state index is 12.5. The van der Waals surface area contributed by atoms with Crippen LogP contribution in [-0.2, 0) is 0 Å². The highest BCUT2D eigenvalue weighted by atomic mass is 16.1. The van der Waals surface area contributed by atoms with E-state index in [1.807, 2.05) is 56.3 Å². The zero-order valence-electron chi connectivity index (χ0n) is 12.6. The zero-order chi connectivity index (χ0) is 15.0. The molecule has 106 valence electrons. The molecule has 0 aliphatic heterocycles. The number of hydrogen-bond acceptors (Lipinski definition) is 2. The van der Waals surface area contributed by atoms with Crippen LogP contribution < -0.4 is 0 Å². The van der Waals surface area contributed by atoms with E-state index in [4.69, 9.17) is 0 Å². The van der Waals surface area contributed by atoms with Crippen molar-refractivity contribution < 1.29 is 4.79 Å². The van der Waals surface area contributed by atoms with Crippen LogP contribution >= 0.6 is 0 Å². The summed E-state index contributed by atoms with van der Waals surface area (Å²) in [5.41, 5.74) is 0.778. The third-order valence-corrected chi connectivity index (χ3v) is 4.19. The maximum Gasteiger partial charge on any atom is 0.179 e. The normalized spacial score (nSPS) is 13.0. The number of likely N-dealkylation sites (N-methyl/N-ethyl adjacent to an activating group) is 1. The average Bonchev–Trinajstić information content (AvgIpc) is 2.52. The second kappa shape index (κ2) is 5.30. The fourth-order valence-electron chi connectivity index (χ4n) is 2.63. The quantitative estimate of drug-likeness (QED) is 0.530. The minimum absolute atomic E-state index is 0.113. The van der Waals surface area contributed by atoms with Crippen LogP contribution in [0.4, 0.5) is 0 Å². The van der Waals surface area contributed by atoms with Gasteiger partial charge in [0.1, 0.15) is 0 Å². The first-order chi connectivity index (χ1) is 10.1. The molecule has 0 aliphatic carbocycles. The smallest absolute Gasteiger partial charge is 0.179 e. The molecule has 3 aromatic rings. The van der Waals surface area contributed by atoms with Gasteiger partial charge in [-0.3, -0.25) is 9.69 Å². The van der Waals surface area contributed by atoms with Crippen LogP contribution in [-0.4, -0.2) is 30.8 Å². The van der Waals surface area contributed by atoms with Gasteiger partial charge in [-0.05, 0) is 48.6 Å². The number of benzene rings is 3. The van der Waals surface area contributed by atoms with Crippen LogP contribution in [0.3, 0.4) is 0 Å². The molecule has 0 saturated heterocycles. The number of carbonyl (C=O) groups excluding carboxylic acids is 1. The molecule has 0 amide bonds. The van der Waals surface area contributed by atoms with Crippen LogP contribution in [0.15, 0.2) is 54.6 Å². The number of carbonyl (C=O) groups is 1. The molecule has 0 fully saturated rings. The van der Waals surface area contributed by atoms with Gasteiger partial charge in [0.25, 0.3) is 0 Å². The molecule has 2 heteroatoms. The van der Waals surface area contributed by atoms with Crippen molar-refractivity contribution in [3.05, 3.63) is 60.2 Å². The predicted octanol–water partition coefficient (Wildman–Crippen LogP) is 4.13. The molecule has 0 spiro atoms. The number of nitrogens with zero attached hydrogens (tertiary/aromatic N) is 1. The largest absolute Gasteiger partial charge is 0.300 e. The Labute approximate surface area is 125 Å². The Morgan fingerprint density at radius 2 is 1.52 bits per heavy atom. The second-order valence-electron chi connectivity index (χ2n) is 5.73. The van der Waals surface area contributed by atoms with Crippen molar-refractivity contribution in [2.75, 3.05) is 14.1 Å². The first-order valence-electron chi connectivity index (χ1n) is 7.20. The maximum absolute atomic E-state index is 12.5. The summed E-state index contributed by atoms with van der Waals surface area (Å²) in [6.45, 7) is 1.94. The van der Waals surface area contributed by atoms with E-state index in [1.165, 1.54) is 16.2 Å². The molecule has 21 heavy (non-hydrogen) atoms. The summed E-state index contributed by atoms with van der Waals surface area (Å²) < 4.78 is 0. The average molecular weight is 277 g/mol. The molecule has 3 aromatic carbocycles. The molecule has 1 atom stereocenters. The van der Waals surface area contributed by atoms with Crippen molar-refractivity contribution >= 4 is 27.3 Å². The highest BCUT2D eigenvalue weighted by Gasteiger charge is 2.17. The van der Waals surface area contributed by atoms with Crippen LogP contribution in [0, 0.1) is 0 Å². The Morgan fingerprint density at radius 3 is 2.24 bits per heavy atom. The van der Waals surface area contributed by atoms with Gasteiger partial charge in [-0.2, -0.15) is 0 Å². The van der Waals surface area contributed by atoms with E-state index < -0.39 is 0 Å². The third kappa shape index (κ3) is 2.43. The Bertz CT molecular complexity index is 820. The highest BCUT2D eigenvalue weighted by molar-refractivity contribution is 6.11. The molecular weight excluding hydrogens is 258 g/mol. The van der Waals surface area contributed by atoms with E-state index in [9.17, 15) is 4.79 Å². The molecule has 0 aliphatic rings. The summed E-state index contributed by atoms with van der Waals surface area (Å²) in [7, 11) is 3.86. The van der Waals surface area contributed by atoms with Gasteiger partial charge in [-0.25, -0.2) is 0 Å². The first-order valence-corrected chi connectivity index (χ1v) is 7.20. The first kappa shape index (κ1) is 13.8. The van der Waals surface area contributed by atoms with Gasteiger partial charge in [0.05, 0.1) is 6.04 Å². The Hall–Kier alpha value is -2.19. The predicted molar refractivity (Wildman–Crippen MR) is 88.9 cm³/mol. The van der Waals surface area contributed by atoms with E-state index in [2.05, 4.69) is 24.3 Å². The van der Waals surface area contributed by atoms with Crippen LogP contribution in [0.25, 0.3) is 21.5 Å². The molecule has 0 bridgehead atoms. The molecular formula is C19H19NO. The highest BCUT2D eigenvalue weighted by Crippen LogP contribution is 2.26. The van der Waals surface area contributed by atoms with Crippen molar-refractivity contribution in [2.24, 2.45) is 0 Å². The summed E-state index contributed by atoms with van der Waals surface area (Å²) in [6.07, 6.45) is 0. The van der Waals surface area contributed by atoms with E-state index in [1.54, 1.807) is 0 Å². The van der Waals surface area contributed by atoms with Crippen molar-refractivity contribution in [3.8, 4) is 0 Å². The number of rotatable bonds is 3. The zero-order valence-corrected chi connectivity index (χ0v) is 12.6. The van der Waals surface area contributed by atoms with Crippen LogP contribution in [0.5, 0.6) is 0 Å². The van der Waals surface area contributed by atoms with Gasteiger partial charge in [0, 0.05) is 5.56 Å². The van der Waals surface area contributed by atoms with Crippen molar-refractivity contribution in [2.45, 2.75) is 13.0 Å².